The van der Waals surface area contributed by atoms with Crippen LogP contribution >= 0.6 is 0 Å². The van der Waals surface area contributed by atoms with E-state index >= 15 is 0 Å². The first-order chi connectivity index (χ1) is 14.1. The van der Waals surface area contributed by atoms with Gasteiger partial charge in [0, 0.05) is 44.6 Å². The van der Waals surface area contributed by atoms with Crippen molar-refractivity contribution in [2.75, 3.05) is 38.2 Å². The second kappa shape index (κ2) is 9.60. The highest BCUT2D eigenvalue weighted by atomic mass is 19.1. The van der Waals surface area contributed by atoms with Crippen LogP contribution in [0, 0.1) is 17.1 Å². The molecule has 1 heterocycles. The lowest BCUT2D eigenvalue weighted by atomic mass is 10.2. The maximum atomic E-state index is 13.1. The number of benzene rings is 2. The van der Waals surface area contributed by atoms with Gasteiger partial charge in [0.15, 0.2) is 0 Å². The summed E-state index contributed by atoms with van der Waals surface area (Å²) in [6.45, 7) is 2.78. The molecule has 2 aromatic rings. The maximum absolute atomic E-state index is 13.1. The van der Waals surface area contributed by atoms with E-state index in [4.69, 9.17) is 4.74 Å². The van der Waals surface area contributed by atoms with E-state index in [0.717, 1.165) is 17.0 Å². The van der Waals surface area contributed by atoms with Crippen LogP contribution in [-0.4, -0.2) is 44.1 Å². The molecule has 29 heavy (non-hydrogen) atoms. The number of nitrogens with zero attached hydrogens (tertiary/aromatic N) is 3. The Morgan fingerprint density at radius 2 is 1.79 bits per heavy atom. The Morgan fingerprint density at radius 3 is 2.38 bits per heavy atom. The molecular weight excluding hydrogens is 371 g/mol. The Morgan fingerprint density at radius 1 is 1.14 bits per heavy atom. The minimum atomic E-state index is -0.284. The predicted molar refractivity (Wildman–Crippen MR) is 109 cm³/mol. The molecule has 3 rings (SSSR count). The number of amides is 1. The lowest BCUT2D eigenvalue weighted by molar-refractivity contribution is -0.127. The summed E-state index contributed by atoms with van der Waals surface area (Å²) in [6, 6.07) is 15.9. The molecule has 1 amide bonds. The number of methoxy groups -OCH3 is 1. The lowest BCUT2D eigenvalue weighted by Crippen LogP contribution is -2.49. The molecule has 6 nitrogen and oxygen atoms in total. The van der Waals surface area contributed by atoms with Crippen LogP contribution in [-0.2, 0) is 11.3 Å². The minimum Gasteiger partial charge on any atom is -0.497 e. The van der Waals surface area contributed by atoms with Crippen molar-refractivity contribution in [1.29, 1.82) is 5.26 Å². The molecule has 1 aliphatic rings. The van der Waals surface area contributed by atoms with Gasteiger partial charge in [0.05, 0.1) is 7.11 Å². The van der Waals surface area contributed by atoms with Crippen LogP contribution in [0.2, 0.25) is 0 Å². The number of halogens is 1. The molecule has 0 bridgehead atoms. The fourth-order valence-corrected chi connectivity index (χ4v) is 3.15. The zero-order valence-electron chi connectivity index (χ0n) is 16.3. The van der Waals surface area contributed by atoms with Crippen molar-refractivity contribution in [3.63, 3.8) is 0 Å². The van der Waals surface area contributed by atoms with Crippen LogP contribution in [0.5, 0.6) is 5.75 Å². The number of anilines is 1. The fourth-order valence-electron chi connectivity index (χ4n) is 3.15. The third-order valence-electron chi connectivity index (χ3n) is 4.82. The Bertz CT molecular complexity index is 896. The van der Waals surface area contributed by atoms with Gasteiger partial charge in [0.2, 0.25) is 0 Å². The summed E-state index contributed by atoms with van der Waals surface area (Å²) in [6.07, 6.45) is 1.47. The molecule has 7 heteroatoms. The topological polar surface area (TPSA) is 68.6 Å². The zero-order valence-corrected chi connectivity index (χ0v) is 16.3. The summed E-state index contributed by atoms with van der Waals surface area (Å²) in [5.41, 5.74) is 2.02. The highest BCUT2D eigenvalue weighted by molar-refractivity contribution is 5.97. The fraction of sp³-hybridized carbons (Fsp3) is 0.273. The van der Waals surface area contributed by atoms with Gasteiger partial charge in [0.25, 0.3) is 5.91 Å². The third-order valence-corrected chi connectivity index (χ3v) is 4.82. The molecule has 0 aromatic heterocycles. The van der Waals surface area contributed by atoms with Gasteiger partial charge in [-0.25, -0.2) is 4.39 Å². The SMILES string of the molecule is COc1ccc(CN/C=C(/C#N)C(=O)N2CCN(c3ccc(F)cc3)CC2)cc1. The van der Waals surface area contributed by atoms with E-state index < -0.39 is 0 Å². The normalized spacial score (nSPS) is 14.3. The monoisotopic (exact) mass is 394 g/mol. The van der Waals surface area contributed by atoms with Gasteiger partial charge in [-0.05, 0) is 42.0 Å². The van der Waals surface area contributed by atoms with Crippen molar-refractivity contribution in [3.8, 4) is 11.8 Å². The Kier molecular flexibility index (Phi) is 6.69. The molecule has 0 aliphatic carbocycles. The maximum Gasteiger partial charge on any atom is 0.266 e. The Labute approximate surface area is 169 Å². The zero-order chi connectivity index (χ0) is 20.6. The summed E-state index contributed by atoms with van der Waals surface area (Å²) in [5.74, 6) is 0.221. The van der Waals surface area contributed by atoms with Gasteiger partial charge < -0.3 is 19.9 Å². The molecule has 1 N–H and O–H groups in total. The van der Waals surface area contributed by atoms with Crippen molar-refractivity contribution < 1.29 is 13.9 Å². The number of nitriles is 1. The van der Waals surface area contributed by atoms with Gasteiger partial charge in [-0.2, -0.15) is 5.26 Å². The Hall–Kier alpha value is -3.53. The molecule has 1 aliphatic heterocycles. The molecule has 1 saturated heterocycles. The number of carbonyl (C=O) groups is 1. The number of ether oxygens (including phenoxy) is 1. The quantitative estimate of drug-likeness (QED) is 0.603. The molecule has 0 radical (unpaired) electrons. The highest BCUT2D eigenvalue weighted by Crippen LogP contribution is 2.17. The van der Waals surface area contributed by atoms with Crippen LogP contribution in [0.1, 0.15) is 5.56 Å². The van der Waals surface area contributed by atoms with Crippen LogP contribution in [0.3, 0.4) is 0 Å². The average molecular weight is 394 g/mol. The molecule has 0 spiro atoms. The van der Waals surface area contributed by atoms with Gasteiger partial charge in [-0.1, -0.05) is 12.1 Å². The van der Waals surface area contributed by atoms with Crippen LogP contribution in [0.25, 0.3) is 0 Å². The first kappa shape index (κ1) is 20.2. The van der Waals surface area contributed by atoms with Crippen LogP contribution < -0.4 is 15.0 Å². The molecule has 0 atom stereocenters. The van der Waals surface area contributed by atoms with Gasteiger partial charge in [-0.15, -0.1) is 0 Å². The highest BCUT2D eigenvalue weighted by Gasteiger charge is 2.23. The number of hydrogen-bond acceptors (Lipinski definition) is 5. The first-order valence-electron chi connectivity index (χ1n) is 9.37. The second-order valence-electron chi connectivity index (χ2n) is 6.65. The Balaban J connectivity index is 1.53. The summed E-state index contributed by atoms with van der Waals surface area (Å²) in [4.78, 5) is 16.4. The summed E-state index contributed by atoms with van der Waals surface area (Å²) < 4.78 is 18.2. The van der Waals surface area contributed by atoms with Gasteiger partial charge >= 0.3 is 0 Å². The van der Waals surface area contributed by atoms with Crippen molar-refractivity contribution in [3.05, 3.63) is 71.7 Å². The molecule has 0 unspecified atom stereocenters. The van der Waals surface area contributed by atoms with Gasteiger partial charge in [0.1, 0.15) is 23.2 Å². The van der Waals surface area contributed by atoms with E-state index in [-0.39, 0.29) is 17.3 Å². The van der Waals surface area contributed by atoms with Crippen LogP contribution in [0.4, 0.5) is 10.1 Å². The average Bonchev–Trinajstić information content (AvgIpc) is 2.77. The van der Waals surface area contributed by atoms with Crippen molar-refractivity contribution in [2.45, 2.75) is 6.54 Å². The van der Waals surface area contributed by atoms with Crippen molar-refractivity contribution in [1.82, 2.24) is 10.2 Å². The number of piperazine rings is 1. The van der Waals surface area contributed by atoms with E-state index in [1.807, 2.05) is 30.3 Å². The molecule has 150 valence electrons. The van der Waals surface area contributed by atoms with E-state index in [1.54, 1.807) is 24.1 Å². The molecule has 1 fully saturated rings. The summed E-state index contributed by atoms with van der Waals surface area (Å²) >= 11 is 0. The number of carbonyl (C=O) groups excluding carboxylic acids is 1. The van der Waals surface area contributed by atoms with Crippen LogP contribution in [0.15, 0.2) is 60.3 Å². The second-order valence-corrected chi connectivity index (χ2v) is 6.65. The smallest absolute Gasteiger partial charge is 0.266 e. The van der Waals surface area contributed by atoms with E-state index in [1.165, 1.54) is 18.3 Å². The summed E-state index contributed by atoms with van der Waals surface area (Å²) in [5, 5.41) is 12.4. The molecule has 2 aromatic carbocycles. The van der Waals surface area contributed by atoms with Crippen molar-refractivity contribution >= 4 is 11.6 Å². The number of rotatable bonds is 6. The number of hydrogen-bond donors (Lipinski definition) is 1. The standard InChI is InChI=1S/C22H23FN4O2/c1-29-21-8-2-17(3-9-21)15-25-16-18(14-24)22(28)27-12-10-26(11-13-27)20-6-4-19(23)5-7-20/h2-9,16,25H,10-13,15H2,1H3/b18-16-. The molecule has 0 saturated carbocycles. The molecular formula is C22H23FN4O2. The third kappa shape index (κ3) is 5.26. The van der Waals surface area contributed by atoms with E-state index in [2.05, 4.69) is 10.2 Å². The van der Waals surface area contributed by atoms with Crippen molar-refractivity contribution in [2.24, 2.45) is 0 Å². The lowest BCUT2D eigenvalue weighted by Gasteiger charge is -2.36. The van der Waals surface area contributed by atoms with E-state index in [0.29, 0.717) is 32.7 Å². The number of nitrogens with one attached hydrogen (secondary N) is 1. The van der Waals surface area contributed by atoms with E-state index in [9.17, 15) is 14.4 Å². The first-order valence-corrected chi connectivity index (χ1v) is 9.37. The predicted octanol–water partition coefficient (Wildman–Crippen LogP) is 2.68. The largest absolute Gasteiger partial charge is 0.497 e. The minimum absolute atomic E-state index is 0.0775. The summed E-state index contributed by atoms with van der Waals surface area (Å²) in [7, 11) is 1.61. The van der Waals surface area contributed by atoms with Gasteiger partial charge in [-0.3, -0.25) is 4.79 Å².